The van der Waals surface area contributed by atoms with Crippen LogP contribution in [0.3, 0.4) is 0 Å². The third kappa shape index (κ3) is 3.69. The van der Waals surface area contributed by atoms with Crippen molar-refractivity contribution in [3.05, 3.63) is 0 Å². The van der Waals surface area contributed by atoms with Gasteiger partial charge in [-0.15, -0.1) is 0 Å². The van der Waals surface area contributed by atoms with Crippen LogP contribution in [-0.2, 0) is 0 Å². The van der Waals surface area contributed by atoms with Crippen molar-refractivity contribution in [1.82, 2.24) is 10.2 Å². The fourth-order valence-corrected chi connectivity index (χ4v) is 3.40. The maximum absolute atomic E-state index is 3.84. The SMILES string of the molecule is CC(C)N1CCC(NCC2(C)CCCCC2)C1. The van der Waals surface area contributed by atoms with Crippen molar-refractivity contribution in [1.29, 1.82) is 0 Å². The summed E-state index contributed by atoms with van der Waals surface area (Å²) in [6.45, 7) is 10.9. The van der Waals surface area contributed by atoms with E-state index in [0.29, 0.717) is 11.5 Å². The maximum Gasteiger partial charge on any atom is 0.0207 e. The zero-order chi connectivity index (χ0) is 12.3. The van der Waals surface area contributed by atoms with Gasteiger partial charge >= 0.3 is 0 Å². The molecule has 0 spiro atoms. The normalized spacial score (nSPS) is 30.0. The van der Waals surface area contributed by atoms with Gasteiger partial charge < -0.3 is 5.32 Å². The summed E-state index contributed by atoms with van der Waals surface area (Å²) >= 11 is 0. The van der Waals surface area contributed by atoms with Crippen molar-refractivity contribution in [3.8, 4) is 0 Å². The Bertz CT molecular complexity index is 231. The minimum Gasteiger partial charge on any atom is -0.312 e. The lowest BCUT2D eigenvalue weighted by atomic mass is 9.75. The Labute approximate surface area is 107 Å². The van der Waals surface area contributed by atoms with Crippen LogP contribution in [0.2, 0.25) is 0 Å². The minimum atomic E-state index is 0.587. The van der Waals surface area contributed by atoms with Crippen LogP contribution in [0.1, 0.15) is 59.3 Å². The third-order valence-electron chi connectivity index (χ3n) is 4.83. The van der Waals surface area contributed by atoms with Gasteiger partial charge in [0.15, 0.2) is 0 Å². The van der Waals surface area contributed by atoms with Crippen LogP contribution < -0.4 is 5.32 Å². The molecular weight excluding hydrogens is 208 g/mol. The Morgan fingerprint density at radius 3 is 2.53 bits per heavy atom. The Kier molecular flexibility index (Phi) is 4.48. The van der Waals surface area contributed by atoms with Gasteiger partial charge in [0.05, 0.1) is 0 Å². The van der Waals surface area contributed by atoms with Crippen molar-refractivity contribution >= 4 is 0 Å². The van der Waals surface area contributed by atoms with Gasteiger partial charge in [-0.3, -0.25) is 4.90 Å². The van der Waals surface area contributed by atoms with Crippen LogP contribution >= 0.6 is 0 Å². The van der Waals surface area contributed by atoms with Crippen LogP contribution in [0, 0.1) is 5.41 Å². The molecule has 1 unspecified atom stereocenters. The summed E-state index contributed by atoms with van der Waals surface area (Å²) in [6.07, 6.45) is 8.55. The van der Waals surface area contributed by atoms with E-state index in [9.17, 15) is 0 Å². The third-order valence-corrected chi connectivity index (χ3v) is 4.83. The summed E-state index contributed by atoms with van der Waals surface area (Å²) in [6, 6.07) is 1.46. The fraction of sp³-hybridized carbons (Fsp3) is 1.00. The molecule has 2 aliphatic rings. The minimum absolute atomic E-state index is 0.587. The highest BCUT2D eigenvalue weighted by atomic mass is 15.2. The Morgan fingerprint density at radius 1 is 1.24 bits per heavy atom. The first-order valence-electron chi connectivity index (χ1n) is 7.56. The molecule has 2 nitrogen and oxygen atoms in total. The van der Waals surface area contributed by atoms with Crippen LogP contribution in [0.25, 0.3) is 0 Å². The van der Waals surface area contributed by atoms with Crippen LogP contribution in [0.4, 0.5) is 0 Å². The molecule has 0 amide bonds. The quantitative estimate of drug-likeness (QED) is 0.810. The fourth-order valence-electron chi connectivity index (χ4n) is 3.40. The smallest absolute Gasteiger partial charge is 0.0207 e. The molecule has 17 heavy (non-hydrogen) atoms. The van der Waals surface area contributed by atoms with E-state index in [1.165, 1.54) is 58.2 Å². The summed E-state index contributed by atoms with van der Waals surface area (Å²) in [5.41, 5.74) is 0.587. The van der Waals surface area contributed by atoms with E-state index in [2.05, 4.69) is 31.0 Å². The molecule has 0 radical (unpaired) electrons. The molecule has 1 N–H and O–H groups in total. The number of likely N-dealkylation sites (tertiary alicyclic amines) is 1. The summed E-state index contributed by atoms with van der Waals surface area (Å²) in [5.74, 6) is 0. The lowest BCUT2D eigenvalue weighted by Crippen LogP contribution is -2.41. The number of nitrogens with zero attached hydrogens (tertiary/aromatic N) is 1. The Morgan fingerprint density at radius 2 is 1.94 bits per heavy atom. The lowest BCUT2D eigenvalue weighted by Gasteiger charge is -2.35. The van der Waals surface area contributed by atoms with E-state index < -0.39 is 0 Å². The zero-order valence-corrected chi connectivity index (χ0v) is 12.0. The second kappa shape index (κ2) is 5.71. The summed E-state index contributed by atoms with van der Waals surface area (Å²) in [4.78, 5) is 2.60. The Balaban J connectivity index is 1.72. The van der Waals surface area contributed by atoms with E-state index >= 15 is 0 Å². The number of rotatable bonds is 4. The van der Waals surface area contributed by atoms with Gasteiger partial charge in [0.2, 0.25) is 0 Å². The van der Waals surface area contributed by atoms with E-state index in [4.69, 9.17) is 0 Å². The molecule has 0 aromatic heterocycles. The molecule has 1 saturated heterocycles. The Hall–Kier alpha value is -0.0800. The molecule has 2 fully saturated rings. The number of nitrogens with one attached hydrogen (secondary N) is 1. The first-order valence-corrected chi connectivity index (χ1v) is 7.56. The predicted octanol–water partition coefficient (Wildman–Crippen LogP) is 3.03. The number of hydrogen-bond donors (Lipinski definition) is 1. The topological polar surface area (TPSA) is 15.3 Å². The van der Waals surface area contributed by atoms with Gasteiger partial charge in [-0.1, -0.05) is 26.2 Å². The van der Waals surface area contributed by atoms with Crippen LogP contribution in [0.5, 0.6) is 0 Å². The van der Waals surface area contributed by atoms with E-state index in [-0.39, 0.29) is 0 Å². The molecule has 0 bridgehead atoms. The molecular formula is C15H30N2. The molecule has 2 rings (SSSR count). The summed E-state index contributed by atoms with van der Waals surface area (Å²) in [5, 5.41) is 3.84. The molecule has 1 saturated carbocycles. The van der Waals surface area contributed by atoms with Gasteiger partial charge in [0, 0.05) is 25.2 Å². The average molecular weight is 238 g/mol. The van der Waals surface area contributed by atoms with Gasteiger partial charge in [0.1, 0.15) is 0 Å². The molecule has 1 aliphatic heterocycles. The highest BCUT2D eigenvalue weighted by Gasteiger charge is 2.29. The summed E-state index contributed by atoms with van der Waals surface area (Å²) < 4.78 is 0. The predicted molar refractivity (Wildman–Crippen MR) is 74.3 cm³/mol. The highest BCUT2D eigenvalue weighted by molar-refractivity contribution is 4.87. The van der Waals surface area contributed by atoms with Gasteiger partial charge in [-0.2, -0.15) is 0 Å². The van der Waals surface area contributed by atoms with Crippen molar-refractivity contribution < 1.29 is 0 Å². The van der Waals surface area contributed by atoms with E-state index in [1.807, 2.05) is 0 Å². The lowest BCUT2D eigenvalue weighted by molar-refractivity contribution is 0.197. The van der Waals surface area contributed by atoms with Crippen molar-refractivity contribution in [2.24, 2.45) is 5.41 Å². The molecule has 1 aliphatic carbocycles. The molecule has 2 heteroatoms. The second-order valence-electron chi connectivity index (χ2n) is 6.83. The molecule has 0 aromatic carbocycles. The molecule has 1 heterocycles. The second-order valence-corrected chi connectivity index (χ2v) is 6.83. The van der Waals surface area contributed by atoms with Gasteiger partial charge in [-0.25, -0.2) is 0 Å². The van der Waals surface area contributed by atoms with Crippen molar-refractivity contribution in [2.75, 3.05) is 19.6 Å². The molecule has 0 aromatic rings. The van der Waals surface area contributed by atoms with Gasteiger partial charge in [0.25, 0.3) is 0 Å². The van der Waals surface area contributed by atoms with Crippen molar-refractivity contribution in [3.63, 3.8) is 0 Å². The maximum atomic E-state index is 3.84. The first-order chi connectivity index (χ1) is 8.09. The van der Waals surface area contributed by atoms with Crippen LogP contribution in [0.15, 0.2) is 0 Å². The number of hydrogen-bond acceptors (Lipinski definition) is 2. The van der Waals surface area contributed by atoms with Gasteiger partial charge in [-0.05, 0) is 45.1 Å². The summed E-state index contributed by atoms with van der Waals surface area (Å²) in [7, 11) is 0. The van der Waals surface area contributed by atoms with Crippen molar-refractivity contribution in [2.45, 2.75) is 71.4 Å². The zero-order valence-electron chi connectivity index (χ0n) is 12.0. The highest BCUT2D eigenvalue weighted by Crippen LogP contribution is 2.35. The van der Waals surface area contributed by atoms with E-state index in [0.717, 1.165) is 6.04 Å². The molecule has 1 atom stereocenters. The van der Waals surface area contributed by atoms with E-state index in [1.54, 1.807) is 0 Å². The standard InChI is InChI=1S/C15H30N2/c1-13(2)17-10-7-14(11-17)16-12-15(3)8-5-4-6-9-15/h13-14,16H,4-12H2,1-3H3. The average Bonchev–Trinajstić information content (AvgIpc) is 2.76. The first kappa shape index (κ1) is 13.4. The molecule has 100 valence electrons. The largest absolute Gasteiger partial charge is 0.312 e. The monoisotopic (exact) mass is 238 g/mol. The van der Waals surface area contributed by atoms with Crippen LogP contribution in [-0.4, -0.2) is 36.6 Å².